The maximum atomic E-state index is 12.5. The predicted octanol–water partition coefficient (Wildman–Crippen LogP) is 2.58. The Morgan fingerprint density at radius 1 is 1.19 bits per heavy atom. The predicted molar refractivity (Wildman–Crippen MR) is 98.6 cm³/mol. The van der Waals surface area contributed by atoms with Gasteiger partial charge in [-0.25, -0.2) is 4.98 Å². The van der Waals surface area contributed by atoms with Gasteiger partial charge in [-0.1, -0.05) is 6.07 Å². The molecular formula is C19H22N4O2S. The van der Waals surface area contributed by atoms with E-state index in [1.165, 1.54) is 11.3 Å². The summed E-state index contributed by atoms with van der Waals surface area (Å²) >= 11 is 1.45. The summed E-state index contributed by atoms with van der Waals surface area (Å²) < 4.78 is 0. The van der Waals surface area contributed by atoms with Gasteiger partial charge in [0.2, 0.25) is 5.91 Å². The van der Waals surface area contributed by atoms with E-state index < -0.39 is 0 Å². The summed E-state index contributed by atoms with van der Waals surface area (Å²) in [5.74, 6) is 0.237. The highest BCUT2D eigenvalue weighted by molar-refractivity contribution is 7.07. The fourth-order valence-corrected chi connectivity index (χ4v) is 4.53. The van der Waals surface area contributed by atoms with Crippen molar-refractivity contribution < 1.29 is 9.59 Å². The number of likely N-dealkylation sites (tertiary alicyclic amines) is 2. The smallest absolute Gasteiger partial charge is 0.273 e. The van der Waals surface area contributed by atoms with Crippen LogP contribution in [0.2, 0.25) is 0 Å². The number of hydrogen-bond acceptors (Lipinski definition) is 5. The lowest BCUT2D eigenvalue weighted by Crippen LogP contribution is -2.52. The number of nitrogens with zero attached hydrogens (tertiary/aromatic N) is 4. The first-order valence-electron chi connectivity index (χ1n) is 9.00. The van der Waals surface area contributed by atoms with E-state index in [4.69, 9.17) is 0 Å². The van der Waals surface area contributed by atoms with Gasteiger partial charge < -0.3 is 9.80 Å². The summed E-state index contributed by atoms with van der Waals surface area (Å²) in [6, 6.07) is 5.80. The van der Waals surface area contributed by atoms with Crippen LogP contribution in [0.5, 0.6) is 0 Å². The minimum absolute atomic E-state index is 0.0262. The Balaban J connectivity index is 1.40. The van der Waals surface area contributed by atoms with E-state index in [-0.39, 0.29) is 17.2 Å². The molecule has 4 rings (SSSR count). The van der Waals surface area contributed by atoms with Gasteiger partial charge in [-0.2, -0.15) is 0 Å². The van der Waals surface area contributed by atoms with Crippen LogP contribution in [0.15, 0.2) is 35.3 Å². The van der Waals surface area contributed by atoms with Crippen molar-refractivity contribution in [3.63, 3.8) is 0 Å². The second-order valence-corrected chi connectivity index (χ2v) is 7.96. The van der Waals surface area contributed by atoms with Crippen molar-refractivity contribution in [1.29, 1.82) is 0 Å². The van der Waals surface area contributed by atoms with Crippen LogP contribution in [0.25, 0.3) is 0 Å². The first kappa shape index (κ1) is 17.1. The fourth-order valence-electron chi connectivity index (χ4n) is 4.01. The van der Waals surface area contributed by atoms with Crippen LogP contribution >= 0.6 is 11.3 Å². The normalized spacial score (nSPS) is 19.8. The molecule has 0 N–H and O–H groups in total. The molecule has 0 bridgehead atoms. The Morgan fingerprint density at radius 3 is 2.73 bits per heavy atom. The first-order chi connectivity index (χ1) is 12.7. The molecule has 2 saturated heterocycles. The number of rotatable bonds is 3. The van der Waals surface area contributed by atoms with Crippen molar-refractivity contribution in [2.75, 3.05) is 19.6 Å². The van der Waals surface area contributed by atoms with Crippen LogP contribution in [0.1, 0.15) is 41.9 Å². The van der Waals surface area contributed by atoms with Crippen LogP contribution in [-0.2, 0) is 11.3 Å². The van der Waals surface area contributed by atoms with Crippen molar-refractivity contribution in [2.24, 2.45) is 5.41 Å². The van der Waals surface area contributed by atoms with Gasteiger partial charge in [0.15, 0.2) is 0 Å². The lowest BCUT2D eigenvalue weighted by molar-refractivity contribution is -0.139. The highest BCUT2D eigenvalue weighted by atomic mass is 32.1. The third-order valence-electron chi connectivity index (χ3n) is 5.59. The van der Waals surface area contributed by atoms with E-state index in [0.29, 0.717) is 18.7 Å². The number of aromatic nitrogens is 2. The molecule has 6 nitrogen and oxygen atoms in total. The molecule has 2 amide bonds. The van der Waals surface area contributed by atoms with Gasteiger partial charge in [0, 0.05) is 37.6 Å². The monoisotopic (exact) mass is 370 g/mol. The van der Waals surface area contributed by atoms with E-state index in [9.17, 15) is 9.59 Å². The molecule has 0 saturated carbocycles. The maximum absolute atomic E-state index is 12.5. The Labute approximate surface area is 156 Å². The molecule has 0 aromatic carbocycles. The standard InChI is InChI=1S/C19H22N4O2S/c24-17-4-5-19(13-23(17)11-15-3-1-2-8-20-15)6-9-22(10-7-19)18(25)16-12-26-14-21-16/h1-3,8,12,14H,4-7,9-11,13H2. The summed E-state index contributed by atoms with van der Waals surface area (Å²) in [6.07, 6.45) is 5.15. The molecule has 2 aromatic rings. The van der Waals surface area contributed by atoms with Crippen LogP contribution in [-0.4, -0.2) is 51.2 Å². The number of amides is 2. The highest BCUT2D eigenvalue weighted by Gasteiger charge is 2.41. The molecule has 0 unspecified atom stereocenters. The summed E-state index contributed by atoms with van der Waals surface area (Å²) in [5.41, 5.74) is 3.29. The highest BCUT2D eigenvalue weighted by Crippen LogP contribution is 2.40. The van der Waals surface area contributed by atoms with E-state index >= 15 is 0 Å². The average molecular weight is 370 g/mol. The molecule has 2 aliphatic rings. The molecule has 2 aromatic heterocycles. The number of hydrogen-bond donors (Lipinski definition) is 0. The molecule has 2 aliphatic heterocycles. The second kappa shape index (κ2) is 7.15. The van der Waals surface area contributed by atoms with Gasteiger partial charge in [0.05, 0.1) is 17.7 Å². The second-order valence-electron chi connectivity index (χ2n) is 7.24. The summed E-state index contributed by atoms with van der Waals surface area (Å²) in [7, 11) is 0. The average Bonchev–Trinajstić information content (AvgIpc) is 3.21. The largest absolute Gasteiger partial charge is 0.337 e. The summed E-state index contributed by atoms with van der Waals surface area (Å²) in [6.45, 7) is 2.81. The third kappa shape index (κ3) is 3.49. The zero-order valence-corrected chi connectivity index (χ0v) is 15.5. The topological polar surface area (TPSA) is 66.4 Å². The Bertz CT molecular complexity index is 770. The van der Waals surface area contributed by atoms with Gasteiger partial charge in [-0.15, -0.1) is 11.3 Å². The van der Waals surface area contributed by atoms with Crippen LogP contribution in [0.3, 0.4) is 0 Å². The van der Waals surface area contributed by atoms with Crippen molar-refractivity contribution in [3.8, 4) is 0 Å². The van der Waals surface area contributed by atoms with Gasteiger partial charge in [0.1, 0.15) is 5.69 Å². The van der Waals surface area contributed by atoms with Crippen LogP contribution in [0.4, 0.5) is 0 Å². The number of carbonyl (C=O) groups is 2. The van der Waals surface area contributed by atoms with E-state index in [1.807, 2.05) is 28.0 Å². The van der Waals surface area contributed by atoms with E-state index in [0.717, 1.165) is 44.6 Å². The van der Waals surface area contributed by atoms with Crippen LogP contribution < -0.4 is 0 Å². The molecule has 1 spiro atoms. The van der Waals surface area contributed by atoms with E-state index in [2.05, 4.69) is 9.97 Å². The minimum Gasteiger partial charge on any atom is -0.337 e. The zero-order valence-electron chi connectivity index (χ0n) is 14.6. The number of carbonyl (C=O) groups excluding carboxylic acids is 2. The lowest BCUT2D eigenvalue weighted by Gasteiger charge is -2.47. The zero-order chi connectivity index (χ0) is 18.0. The van der Waals surface area contributed by atoms with Gasteiger partial charge >= 0.3 is 0 Å². The molecular weight excluding hydrogens is 348 g/mol. The summed E-state index contributed by atoms with van der Waals surface area (Å²) in [5, 5.41) is 1.81. The van der Waals surface area contributed by atoms with Crippen LogP contribution in [0, 0.1) is 5.41 Å². The first-order valence-corrected chi connectivity index (χ1v) is 9.95. The summed E-state index contributed by atoms with van der Waals surface area (Å²) in [4.78, 5) is 37.2. The molecule has 0 aliphatic carbocycles. The number of pyridine rings is 1. The quantitative estimate of drug-likeness (QED) is 0.833. The Hall–Kier alpha value is -2.28. The van der Waals surface area contributed by atoms with Gasteiger partial charge in [0.25, 0.3) is 5.91 Å². The molecule has 7 heteroatoms. The SMILES string of the molecule is O=C1CCC2(CCN(C(=O)c3cscn3)CC2)CN1Cc1ccccn1. The molecule has 0 atom stereocenters. The van der Waals surface area contributed by atoms with Crippen molar-refractivity contribution in [2.45, 2.75) is 32.2 Å². The molecule has 0 radical (unpaired) electrons. The Morgan fingerprint density at radius 2 is 2.04 bits per heavy atom. The van der Waals surface area contributed by atoms with Gasteiger partial charge in [-0.3, -0.25) is 14.6 Å². The van der Waals surface area contributed by atoms with E-state index in [1.54, 1.807) is 17.1 Å². The molecule has 136 valence electrons. The molecule has 26 heavy (non-hydrogen) atoms. The van der Waals surface area contributed by atoms with Crippen molar-refractivity contribution in [3.05, 3.63) is 46.7 Å². The van der Waals surface area contributed by atoms with Crippen molar-refractivity contribution >= 4 is 23.2 Å². The maximum Gasteiger partial charge on any atom is 0.273 e. The molecule has 2 fully saturated rings. The Kier molecular flexibility index (Phi) is 4.72. The number of thiazole rings is 1. The lowest BCUT2D eigenvalue weighted by atomic mass is 9.72. The number of piperidine rings is 2. The van der Waals surface area contributed by atoms with Gasteiger partial charge in [-0.05, 0) is 36.8 Å². The van der Waals surface area contributed by atoms with Crippen molar-refractivity contribution in [1.82, 2.24) is 19.8 Å². The minimum atomic E-state index is 0.0262. The molecule has 4 heterocycles. The third-order valence-corrected chi connectivity index (χ3v) is 6.18. The fraction of sp³-hybridized carbons (Fsp3) is 0.474.